The molecular weight excluding hydrogens is 192 g/mol. The molecule has 2 aliphatic rings. The molecule has 0 aromatic rings. The summed E-state index contributed by atoms with van der Waals surface area (Å²) in [6.45, 7) is 2.16. The fourth-order valence-corrected chi connectivity index (χ4v) is 2.37. The van der Waals surface area contributed by atoms with Crippen molar-refractivity contribution in [3.63, 3.8) is 0 Å². The molecule has 1 heterocycles. The second kappa shape index (κ2) is 3.77. The third-order valence-electron chi connectivity index (χ3n) is 3.32. The first-order valence-corrected chi connectivity index (χ1v) is 5.38. The summed E-state index contributed by atoms with van der Waals surface area (Å²) in [5.74, 6) is -0.326. The molecule has 3 atom stereocenters. The Morgan fingerprint density at radius 1 is 1.33 bits per heavy atom. The minimum atomic E-state index is -0.171. The summed E-state index contributed by atoms with van der Waals surface area (Å²) >= 11 is 0. The first-order chi connectivity index (χ1) is 7.16. The van der Waals surface area contributed by atoms with Gasteiger partial charge in [-0.05, 0) is 19.8 Å². The summed E-state index contributed by atoms with van der Waals surface area (Å²) in [5, 5.41) is 0. The van der Waals surface area contributed by atoms with Crippen LogP contribution >= 0.6 is 0 Å². The van der Waals surface area contributed by atoms with E-state index in [4.69, 9.17) is 5.73 Å². The van der Waals surface area contributed by atoms with Gasteiger partial charge in [0.15, 0.2) is 0 Å². The maximum absolute atomic E-state index is 12.0. The summed E-state index contributed by atoms with van der Waals surface area (Å²) in [5.41, 5.74) is 5.50. The van der Waals surface area contributed by atoms with Crippen LogP contribution < -0.4 is 5.73 Å². The SMILES string of the molecule is C[C@H](CN)N1C(=O)[C@H]2CC=CC[C@H]2C1=O. The number of hydrogen-bond acceptors (Lipinski definition) is 3. The first kappa shape index (κ1) is 10.4. The van der Waals surface area contributed by atoms with Crippen LogP contribution in [0.1, 0.15) is 19.8 Å². The zero-order valence-electron chi connectivity index (χ0n) is 8.85. The van der Waals surface area contributed by atoms with Crippen LogP contribution in [0.25, 0.3) is 0 Å². The Morgan fingerprint density at radius 3 is 2.20 bits per heavy atom. The van der Waals surface area contributed by atoms with E-state index in [1.54, 1.807) is 0 Å². The lowest BCUT2D eigenvalue weighted by Gasteiger charge is -2.21. The van der Waals surface area contributed by atoms with Gasteiger partial charge in [-0.15, -0.1) is 0 Å². The van der Waals surface area contributed by atoms with Crippen molar-refractivity contribution >= 4 is 11.8 Å². The molecule has 0 saturated carbocycles. The molecule has 4 nitrogen and oxygen atoms in total. The highest BCUT2D eigenvalue weighted by Gasteiger charge is 2.48. The second-order valence-corrected chi connectivity index (χ2v) is 4.29. The normalized spacial score (nSPS) is 32.0. The van der Waals surface area contributed by atoms with Crippen LogP contribution in [0.15, 0.2) is 12.2 Å². The van der Waals surface area contributed by atoms with E-state index in [9.17, 15) is 9.59 Å². The van der Waals surface area contributed by atoms with E-state index in [2.05, 4.69) is 0 Å². The predicted molar refractivity (Wildman–Crippen MR) is 55.7 cm³/mol. The lowest BCUT2D eigenvalue weighted by atomic mass is 9.85. The number of hydrogen-bond donors (Lipinski definition) is 1. The maximum Gasteiger partial charge on any atom is 0.233 e. The number of carbonyl (C=O) groups excluding carboxylic acids is 2. The van der Waals surface area contributed by atoms with Gasteiger partial charge < -0.3 is 5.73 Å². The van der Waals surface area contributed by atoms with Gasteiger partial charge >= 0.3 is 0 Å². The Kier molecular flexibility index (Phi) is 2.61. The van der Waals surface area contributed by atoms with Crippen molar-refractivity contribution in [2.24, 2.45) is 17.6 Å². The van der Waals surface area contributed by atoms with Crippen molar-refractivity contribution in [3.05, 3.63) is 12.2 Å². The van der Waals surface area contributed by atoms with Crippen LogP contribution in [0.5, 0.6) is 0 Å². The molecule has 1 aliphatic carbocycles. The number of likely N-dealkylation sites (tertiary alicyclic amines) is 1. The zero-order valence-corrected chi connectivity index (χ0v) is 8.85. The van der Waals surface area contributed by atoms with Crippen molar-refractivity contribution in [2.75, 3.05) is 6.54 Å². The van der Waals surface area contributed by atoms with Crippen LogP contribution in [0.3, 0.4) is 0 Å². The number of imide groups is 1. The van der Waals surface area contributed by atoms with E-state index in [-0.39, 0.29) is 29.7 Å². The highest BCUT2D eigenvalue weighted by molar-refractivity contribution is 6.05. The Labute approximate surface area is 89.1 Å². The quantitative estimate of drug-likeness (QED) is 0.524. The van der Waals surface area contributed by atoms with Crippen molar-refractivity contribution in [1.82, 2.24) is 4.90 Å². The second-order valence-electron chi connectivity index (χ2n) is 4.29. The first-order valence-electron chi connectivity index (χ1n) is 5.38. The summed E-state index contributed by atoms with van der Waals surface area (Å²) in [6.07, 6.45) is 5.37. The zero-order chi connectivity index (χ0) is 11.0. The van der Waals surface area contributed by atoms with Crippen LogP contribution in [0, 0.1) is 11.8 Å². The van der Waals surface area contributed by atoms with Gasteiger partial charge in [-0.25, -0.2) is 0 Å². The number of nitrogens with two attached hydrogens (primary N) is 1. The number of nitrogens with zero attached hydrogens (tertiary/aromatic N) is 1. The van der Waals surface area contributed by atoms with Gasteiger partial charge in [-0.2, -0.15) is 0 Å². The summed E-state index contributed by atoms with van der Waals surface area (Å²) in [6, 6.07) is -0.171. The van der Waals surface area contributed by atoms with Gasteiger partial charge in [0.1, 0.15) is 0 Å². The van der Waals surface area contributed by atoms with E-state index >= 15 is 0 Å². The molecule has 0 bridgehead atoms. The summed E-state index contributed by atoms with van der Waals surface area (Å²) < 4.78 is 0. The number of amides is 2. The van der Waals surface area contributed by atoms with E-state index in [0.717, 1.165) is 0 Å². The van der Waals surface area contributed by atoms with Crippen molar-refractivity contribution in [1.29, 1.82) is 0 Å². The van der Waals surface area contributed by atoms with Gasteiger partial charge in [0, 0.05) is 12.6 Å². The fraction of sp³-hybridized carbons (Fsp3) is 0.636. The largest absolute Gasteiger partial charge is 0.328 e. The van der Waals surface area contributed by atoms with E-state index in [1.807, 2.05) is 19.1 Å². The molecule has 1 aliphatic heterocycles. The standard InChI is InChI=1S/C11H16N2O2/c1-7(6-12)13-10(14)8-4-2-3-5-9(8)11(13)15/h2-3,7-9H,4-6,12H2,1H3/t7-,8-,9+/m1/s1. The lowest BCUT2D eigenvalue weighted by molar-refractivity contribution is -0.142. The van der Waals surface area contributed by atoms with Crippen molar-refractivity contribution in [2.45, 2.75) is 25.8 Å². The maximum atomic E-state index is 12.0. The molecule has 4 heteroatoms. The van der Waals surface area contributed by atoms with Gasteiger partial charge in [0.05, 0.1) is 11.8 Å². The molecule has 0 aromatic carbocycles. The third kappa shape index (κ3) is 1.49. The molecule has 0 radical (unpaired) electrons. The summed E-state index contributed by atoms with van der Waals surface area (Å²) in [4.78, 5) is 25.3. The Hall–Kier alpha value is -1.16. The number of rotatable bonds is 2. The Bertz CT molecular complexity index is 299. The number of carbonyl (C=O) groups is 2. The van der Waals surface area contributed by atoms with E-state index in [1.165, 1.54) is 4.90 Å². The molecule has 0 spiro atoms. The van der Waals surface area contributed by atoms with Gasteiger partial charge in [-0.1, -0.05) is 12.2 Å². The molecule has 2 rings (SSSR count). The molecule has 1 saturated heterocycles. The van der Waals surface area contributed by atoms with E-state index < -0.39 is 0 Å². The van der Waals surface area contributed by atoms with Gasteiger partial charge in [0.25, 0.3) is 0 Å². The molecule has 2 amide bonds. The molecule has 1 fully saturated rings. The van der Waals surface area contributed by atoms with Crippen molar-refractivity contribution < 1.29 is 9.59 Å². The molecular formula is C11H16N2O2. The molecule has 0 unspecified atom stereocenters. The molecule has 82 valence electrons. The van der Waals surface area contributed by atoms with E-state index in [0.29, 0.717) is 19.4 Å². The molecule has 2 N–H and O–H groups in total. The minimum Gasteiger partial charge on any atom is -0.328 e. The lowest BCUT2D eigenvalue weighted by Crippen LogP contribution is -2.43. The van der Waals surface area contributed by atoms with Crippen LogP contribution in [0.4, 0.5) is 0 Å². The van der Waals surface area contributed by atoms with Crippen molar-refractivity contribution in [3.8, 4) is 0 Å². The minimum absolute atomic E-state index is 0.0349. The third-order valence-corrected chi connectivity index (χ3v) is 3.32. The van der Waals surface area contributed by atoms with Crippen LogP contribution in [0.2, 0.25) is 0 Å². The van der Waals surface area contributed by atoms with Gasteiger partial charge in [-0.3, -0.25) is 14.5 Å². The van der Waals surface area contributed by atoms with Gasteiger partial charge in [0.2, 0.25) is 11.8 Å². The highest BCUT2D eigenvalue weighted by atomic mass is 16.2. The average Bonchev–Trinajstić information content (AvgIpc) is 2.52. The monoisotopic (exact) mass is 208 g/mol. The predicted octanol–water partition coefficient (Wildman–Crippen LogP) is 0.285. The molecule has 15 heavy (non-hydrogen) atoms. The molecule has 0 aromatic heterocycles. The smallest absolute Gasteiger partial charge is 0.233 e. The fourth-order valence-electron chi connectivity index (χ4n) is 2.37. The van der Waals surface area contributed by atoms with Crippen LogP contribution in [-0.4, -0.2) is 29.3 Å². The number of allylic oxidation sites excluding steroid dienone is 2. The Morgan fingerprint density at radius 2 is 1.80 bits per heavy atom. The Balaban J connectivity index is 2.24. The highest BCUT2D eigenvalue weighted by Crippen LogP contribution is 2.35. The average molecular weight is 208 g/mol. The topological polar surface area (TPSA) is 63.4 Å². The van der Waals surface area contributed by atoms with Crippen LogP contribution in [-0.2, 0) is 9.59 Å². The summed E-state index contributed by atoms with van der Waals surface area (Å²) in [7, 11) is 0. The number of fused-ring (bicyclic) bond motifs is 1.